The van der Waals surface area contributed by atoms with Crippen molar-refractivity contribution < 1.29 is 31.8 Å². The Balaban J connectivity index is 1.55. The van der Waals surface area contributed by atoms with Gasteiger partial charge in [0.1, 0.15) is 42.6 Å². The molecule has 0 aliphatic rings. The molecule has 8 nitrogen and oxygen atoms in total. The molecule has 1 aromatic heterocycles. The van der Waals surface area contributed by atoms with E-state index in [1.165, 1.54) is 26.2 Å². The molecule has 0 N–H and O–H groups in total. The zero-order valence-corrected chi connectivity index (χ0v) is 18.0. The third kappa shape index (κ3) is 5.87. The van der Waals surface area contributed by atoms with Crippen LogP contribution in [0.25, 0.3) is 0 Å². The number of carbonyl (C=O) groups is 1. The largest absolute Gasteiger partial charge is 0.490 e. The van der Waals surface area contributed by atoms with E-state index in [0.29, 0.717) is 12.4 Å². The van der Waals surface area contributed by atoms with Gasteiger partial charge < -0.3 is 18.6 Å². The second-order valence-corrected chi connectivity index (χ2v) is 8.67. The number of carbonyl (C=O) groups excluding carboxylic acids is 1. The van der Waals surface area contributed by atoms with Crippen LogP contribution in [0.3, 0.4) is 0 Å². The van der Waals surface area contributed by atoms with Gasteiger partial charge in [-0.3, -0.25) is 0 Å². The summed E-state index contributed by atoms with van der Waals surface area (Å²) in [5.74, 6) is 0.684. The second-order valence-electron chi connectivity index (χ2n) is 6.59. The number of furan rings is 1. The van der Waals surface area contributed by atoms with Crippen LogP contribution >= 0.6 is 0 Å². The van der Waals surface area contributed by atoms with Crippen LogP contribution in [-0.4, -0.2) is 46.0 Å². The summed E-state index contributed by atoms with van der Waals surface area (Å²) in [4.78, 5) is 12.5. The highest BCUT2D eigenvalue weighted by Crippen LogP contribution is 2.21. The van der Waals surface area contributed by atoms with Crippen LogP contribution in [0.2, 0.25) is 0 Å². The molecular formula is C22H23NO7S. The Kier molecular flexibility index (Phi) is 7.32. The summed E-state index contributed by atoms with van der Waals surface area (Å²) < 4.78 is 47.0. The van der Waals surface area contributed by atoms with E-state index in [4.69, 9.17) is 18.6 Å². The first-order chi connectivity index (χ1) is 14.9. The van der Waals surface area contributed by atoms with Gasteiger partial charge >= 0.3 is 5.97 Å². The molecule has 3 aromatic rings. The molecule has 0 spiro atoms. The van der Waals surface area contributed by atoms with Gasteiger partial charge in [-0.25, -0.2) is 17.5 Å². The first-order valence-electron chi connectivity index (χ1n) is 9.46. The van der Waals surface area contributed by atoms with E-state index >= 15 is 0 Å². The molecule has 0 radical (unpaired) electrons. The lowest BCUT2D eigenvalue weighted by Gasteiger charge is -2.11. The van der Waals surface area contributed by atoms with Gasteiger partial charge in [0.2, 0.25) is 5.09 Å². The number of sulfonamides is 1. The summed E-state index contributed by atoms with van der Waals surface area (Å²) in [5, 5.41) is -0.217. The maximum Gasteiger partial charge on any atom is 0.342 e. The Morgan fingerprint density at radius 3 is 2.32 bits per heavy atom. The molecular weight excluding hydrogens is 422 g/mol. The smallest absolute Gasteiger partial charge is 0.342 e. The molecule has 0 bridgehead atoms. The topological polar surface area (TPSA) is 95.3 Å². The minimum Gasteiger partial charge on any atom is -0.490 e. The molecule has 9 heteroatoms. The fraction of sp³-hybridized carbons (Fsp3) is 0.227. The maximum atomic E-state index is 12.5. The van der Waals surface area contributed by atoms with Crippen molar-refractivity contribution in [3.8, 4) is 11.5 Å². The van der Waals surface area contributed by atoms with Gasteiger partial charge in [-0.15, -0.1) is 0 Å². The predicted octanol–water partition coefficient (Wildman–Crippen LogP) is 3.34. The third-order valence-corrected chi connectivity index (χ3v) is 5.87. The highest BCUT2D eigenvalue weighted by molar-refractivity contribution is 7.88. The number of benzene rings is 2. The molecule has 0 aliphatic carbocycles. The summed E-state index contributed by atoms with van der Waals surface area (Å²) in [7, 11) is -0.888. The standard InChI is InChI=1S/C22H23NO7S/c1-23(2)31(25,26)21-13-12-18(30-21)16-29-22(24)19-10-6-7-11-20(19)28-15-14-27-17-8-4-3-5-9-17/h3-13H,14-16H2,1-2H3. The number of esters is 1. The number of para-hydroxylation sites is 2. The van der Waals surface area contributed by atoms with Crippen LogP contribution in [0.15, 0.2) is 76.2 Å². The SMILES string of the molecule is CN(C)S(=O)(=O)c1ccc(COC(=O)c2ccccc2OCCOc2ccccc2)o1. The normalized spacial score (nSPS) is 11.3. The minimum absolute atomic E-state index is 0.212. The Morgan fingerprint density at radius 2 is 1.58 bits per heavy atom. The van der Waals surface area contributed by atoms with E-state index in [2.05, 4.69) is 0 Å². The maximum absolute atomic E-state index is 12.5. The Labute approximate surface area is 181 Å². The van der Waals surface area contributed by atoms with Gasteiger partial charge in [0.15, 0.2) is 0 Å². The van der Waals surface area contributed by atoms with Crippen molar-refractivity contribution in [3.05, 3.63) is 78.1 Å². The molecule has 0 aliphatic heterocycles. The summed E-state index contributed by atoms with van der Waals surface area (Å²) in [6, 6.07) is 18.8. The fourth-order valence-electron chi connectivity index (χ4n) is 2.56. The molecule has 2 aromatic carbocycles. The van der Waals surface area contributed by atoms with Crippen molar-refractivity contribution in [2.75, 3.05) is 27.3 Å². The van der Waals surface area contributed by atoms with Crippen molar-refractivity contribution in [1.82, 2.24) is 4.31 Å². The Hall–Kier alpha value is -3.30. The number of ether oxygens (including phenoxy) is 3. The minimum atomic E-state index is -3.69. The van der Waals surface area contributed by atoms with Gasteiger partial charge in [0.05, 0.1) is 0 Å². The molecule has 0 saturated heterocycles. The number of rotatable bonds is 10. The van der Waals surface area contributed by atoms with E-state index in [-0.39, 0.29) is 29.6 Å². The molecule has 31 heavy (non-hydrogen) atoms. The molecule has 0 saturated carbocycles. The van der Waals surface area contributed by atoms with Crippen LogP contribution < -0.4 is 9.47 Å². The highest BCUT2D eigenvalue weighted by atomic mass is 32.2. The van der Waals surface area contributed by atoms with Crippen LogP contribution in [0, 0.1) is 0 Å². The number of hydrogen-bond donors (Lipinski definition) is 0. The van der Waals surface area contributed by atoms with Gasteiger partial charge in [-0.05, 0) is 36.4 Å². The summed E-state index contributed by atoms with van der Waals surface area (Å²) >= 11 is 0. The van der Waals surface area contributed by atoms with Crippen molar-refractivity contribution in [2.24, 2.45) is 0 Å². The second kappa shape index (κ2) is 10.1. The van der Waals surface area contributed by atoms with Gasteiger partial charge in [0, 0.05) is 14.1 Å². The zero-order valence-electron chi connectivity index (χ0n) is 17.2. The summed E-state index contributed by atoms with van der Waals surface area (Å²) in [5.41, 5.74) is 0.245. The van der Waals surface area contributed by atoms with E-state index in [1.807, 2.05) is 30.3 Å². The van der Waals surface area contributed by atoms with Gasteiger partial charge in [-0.2, -0.15) is 0 Å². The highest BCUT2D eigenvalue weighted by Gasteiger charge is 2.22. The van der Waals surface area contributed by atoms with Crippen molar-refractivity contribution >= 4 is 16.0 Å². The van der Waals surface area contributed by atoms with E-state index in [0.717, 1.165) is 10.1 Å². The van der Waals surface area contributed by atoms with Crippen LogP contribution in [-0.2, 0) is 21.4 Å². The molecule has 0 amide bonds. The number of hydrogen-bond acceptors (Lipinski definition) is 7. The van der Waals surface area contributed by atoms with Crippen molar-refractivity contribution in [3.63, 3.8) is 0 Å². The lowest BCUT2D eigenvalue weighted by Crippen LogP contribution is -2.21. The number of nitrogens with zero attached hydrogens (tertiary/aromatic N) is 1. The van der Waals surface area contributed by atoms with Gasteiger partial charge in [-0.1, -0.05) is 30.3 Å². The van der Waals surface area contributed by atoms with Crippen molar-refractivity contribution in [1.29, 1.82) is 0 Å². The molecule has 0 unspecified atom stereocenters. The quantitative estimate of drug-likeness (QED) is 0.349. The Bertz CT molecular complexity index is 1110. The van der Waals surface area contributed by atoms with E-state index in [9.17, 15) is 13.2 Å². The predicted molar refractivity (Wildman–Crippen MR) is 113 cm³/mol. The first-order valence-corrected chi connectivity index (χ1v) is 10.9. The zero-order chi connectivity index (χ0) is 22.3. The fourth-order valence-corrected chi connectivity index (χ4v) is 3.37. The monoisotopic (exact) mass is 445 g/mol. The van der Waals surface area contributed by atoms with E-state index < -0.39 is 16.0 Å². The third-order valence-electron chi connectivity index (χ3n) is 4.18. The van der Waals surface area contributed by atoms with Crippen LogP contribution in [0.4, 0.5) is 0 Å². The average Bonchev–Trinajstić information content (AvgIpc) is 3.26. The summed E-state index contributed by atoms with van der Waals surface area (Å²) in [6.07, 6.45) is 0. The summed E-state index contributed by atoms with van der Waals surface area (Å²) in [6.45, 7) is 0.333. The first kappa shape index (κ1) is 22.4. The molecule has 1 heterocycles. The molecule has 0 fully saturated rings. The van der Waals surface area contributed by atoms with Crippen molar-refractivity contribution in [2.45, 2.75) is 11.7 Å². The van der Waals surface area contributed by atoms with E-state index in [1.54, 1.807) is 24.3 Å². The molecule has 164 valence electrons. The Morgan fingerprint density at radius 1 is 0.903 bits per heavy atom. The lowest BCUT2D eigenvalue weighted by molar-refractivity contribution is 0.0435. The lowest BCUT2D eigenvalue weighted by atomic mass is 10.2. The van der Waals surface area contributed by atoms with Gasteiger partial charge in [0.25, 0.3) is 10.0 Å². The van der Waals surface area contributed by atoms with Crippen LogP contribution in [0.5, 0.6) is 11.5 Å². The average molecular weight is 445 g/mol. The molecule has 0 atom stereocenters. The molecule has 3 rings (SSSR count). The van der Waals surface area contributed by atoms with Crippen LogP contribution in [0.1, 0.15) is 16.1 Å².